The predicted octanol–water partition coefficient (Wildman–Crippen LogP) is 1.27. The van der Waals surface area contributed by atoms with Crippen LogP contribution in [-0.2, 0) is 0 Å². The maximum atomic E-state index is 5.64. The van der Waals surface area contributed by atoms with Gasteiger partial charge in [0.05, 0.1) is 6.04 Å². The Kier molecular flexibility index (Phi) is 3.70. The first-order chi connectivity index (χ1) is 6.54. The lowest BCUT2D eigenvalue weighted by atomic mass is 9.83. The number of hydrogen-bond donors (Lipinski definition) is 2. The second kappa shape index (κ2) is 4.43. The van der Waals surface area contributed by atoms with Crippen LogP contribution in [0.25, 0.3) is 0 Å². The summed E-state index contributed by atoms with van der Waals surface area (Å²) in [6.45, 7) is 6.08. The lowest BCUT2D eigenvalue weighted by Gasteiger charge is -2.43. The van der Waals surface area contributed by atoms with E-state index >= 15 is 0 Å². The summed E-state index contributed by atoms with van der Waals surface area (Å²) in [7, 11) is 4.28. The Labute approximate surface area is 87.3 Å². The first-order valence-electron chi connectivity index (χ1n) is 5.33. The monoisotopic (exact) mass is 197 g/mol. The molecule has 3 nitrogen and oxygen atoms in total. The highest BCUT2D eigenvalue weighted by atomic mass is 15.3. The summed E-state index contributed by atoms with van der Waals surface area (Å²) >= 11 is 0. The van der Waals surface area contributed by atoms with Gasteiger partial charge in [-0.2, -0.15) is 0 Å². The minimum absolute atomic E-state index is 0.181. The summed E-state index contributed by atoms with van der Waals surface area (Å²) in [5.41, 5.74) is 4.23. The van der Waals surface area contributed by atoms with E-state index in [1.807, 2.05) is 6.92 Å². The van der Waals surface area contributed by atoms with Crippen LogP contribution in [0.3, 0.4) is 0 Å². The SMILES string of the molecule is C=C(C)C(NN)C1(N(C)C)CCCC1. The van der Waals surface area contributed by atoms with Gasteiger partial charge in [-0.05, 0) is 33.9 Å². The largest absolute Gasteiger partial charge is 0.302 e. The molecular weight excluding hydrogens is 174 g/mol. The van der Waals surface area contributed by atoms with Crippen LogP contribution in [0.2, 0.25) is 0 Å². The molecule has 0 bridgehead atoms. The fourth-order valence-electron chi connectivity index (χ4n) is 2.74. The van der Waals surface area contributed by atoms with E-state index in [4.69, 9.17) is 5.84 Å². The van der Waals surface area contributed by atoms with E-state index in [-0.39, 0.29) is 11.6 Å². The van der Waals surface area contributed by atoms with Crippen LogP contribution in [0.5, 0.6) is 0 Å². The van der Waals surface area contributed by atoms with Gasteiger partial charge in [-0.15, -0.1) is 0 Å². The number of nitrogens with one attached hydrogen (secondary N) is 1. The summed E-state index contributed by atoms with van der Waals surface area (Å²) in [6.07, 6.45) is 5.01. The molecule has 0 heterocycles. The van der Waals surface area contributed by atoms with Crippen molar-refractivity contribution >= 4 is 0 Å². The molecule has 3 N–H and O–H groups in total. The Morgan fingerprint density at radius 3 is 2.21 bits per heavy atom. The molecule has 0 amide bonds. The van der Waals surface area contributed by atoms with Gasteiger partial charge in [0.25, 0.3) is 0 Å². The van der Waals surface area contributed by atoms with Crippen LogP contribution in [0.15, 0.2) is 12.2 Å². The van der Waals surface area contributed by atoms with Gasteiger partial charge in [-0.3, -0.25) is 11.3 Å². The van der Waals surface area contributed by atoms with Crippen LogP contribution in [0.1, 0.15) is 32.6 Å². The van der Waals surface area contributed by atoms with Gasteiger partial charge >= 0.3 is 0 Å². The minimum Gasteiger partial charge on any atom is -0.302 e. The van der Waals surface area contributed by atoms with Crippen molar-refractivity contribution in [3.8, 4) is 0 Å². The van der Waals surface area contributed by atoms with E-state index in [1.54, 1.807) is 0 Å². The van der Waals surface area contributed by atoms with E-state index in [0.717, 1.165) is 5.57 Å². The molecule has 0 aromatic rings. The highest BCUT2D eigenvalue weighted by Gasteiger charge is 2.42. The lowest BCUT2D eigenvalue weighted by molar-refractivity contribution is 0.120. The van der Waals surface area contributed by atoms with Gasteiger partial charge in [-0.1, -0.05) is 25.0 Å². The van der Waals surface area contributed by atoms with Gasteiger partial charge in [0.15, 0.2) is 0 Å². The lowest BCUT2D eigenvalue weighted by Crippen LogP contribution is -2.59. The van der Waals surface area contributed by atoms with Gasteiger partial charge in [-0.25, -0.2) is 0 Å². The second-order valence-electron chi connectivity index (χ2n) is 4.65. The molecule has 0 spiro atoms. The molecule has 1 aliphatic carbocycles. The molecule has 14 heavy (non-hydrogen) atoms. The summed E-state index contributed by atoms with van der Waals surface area (Å²) in [5.74, 6) is 5.64. The Balaban J connectivity index is 2.90. The summed E-state index contributed by atoms with van der Waals surface area (Å²) in [5, 5.41) is 0. The molecule has 3 heteroatoms. The van der Waals surface area contributed by atoms with E-state index in [1.165, 1.54) is 25.7 Å². The molecule has 1 rings (SSSR count). The number of nitrogens with zero attached hydrogens (tertiary/aromatic N) is 1. The smallest absolute Gasteiger partial charge is 0.0598 e. The van der Waals surface area contributed by atoms with E-state index < -0.39 is 0 Å². The average Bonchev–Trinajstić information content (AvgIpc) is 2.54. The van der Waals surface area contributed by atoms with E-state index in [0.29, 0.717) is 0 Å². The van der Waals surface area contributed by atoms with Crippen LogP contribution in [0, 0.1) is 0 Å². The molecule has 0 saturated heterocycles. The quantitative estimate of drug-likeness (QED) is 0.405. The summed E-state index contributed by atoms with van der Waals surface area (Å²) < 4.78 is 0. The number of likely N-dealkylation sites (N-methyl/N-ethyl adjacent to an activating group) is 1. The molecule has 0 aromatic carbocycles. The van der Waals surface area contributed by atoms with Gasteiger partial charge in [0.1, 0.15) is 0 Å². The molecule has 0 aliphatic heterocycles. The number of hydrogen-bond acceptors (Lipinski definition) is 3. The molecule has 82 valence electrons. The van der Waals surface area contributed by atoms with Crippen molar-refractivity contribution in [1.82, 2.24) is 10.3 Å². The molecule has 1 fully saturated rings. The fourth-order valence-corrected chi connectivity index (χ4v) is 2.74. The Morgan fingerprint density at radius 2 is 1.93 bits per heavy atom. The van der Waals surface area contributed by atoms with E-state index in [2.05, 4.69) is 31.0 Å². The van der Waals surface area contributed by atoms with Crippen molar-refractivity contribution in [2.45, 2.75) is 44.2 Å². The highest BCUT2D eigenvalue weighted by molar-refractivity contribution is 5.15. The number of nitrogens with two attached hydrogens (primary N) is 1. The average molecular weight is 197 g/mol. The van der Waals surface area contributed by atoms with E-state index in [9.17, 15) is 0 Å². The highest BCUT2D eigenvalue weighted by Crippen LogP contribution is 2.38. The van der Waals surface area contributed by atoms with Gasteiger partial charge < -0.3 is 4.90 Å². The third-order valence-corrected chi connectivity index (χ3v) is 3.56. The van der Waals surface area contributed by atoms with Crippen LogP contribution < -0.4 is 11.3 Å². The molecule has 0 aromatic heterocycles. The first kappa shape index (κ1) is 11.7. The fraction of sp³-hybridized carbons (Fsp3) is 0.818. The normalized spacial score (nSPS) is 22.6. The molecule has 1 atom stereocenters. The standard InChI is InChI=1S/C11H23N3/c1-9(2)10(13-12)11(14(3)4)7-5-6-8-11/h10,13H,1,5-8,12H2,2-4H3. The zero-order valence-corrected chi connectivity index (χ0v) is 9.64. The van der Waals surface area contributed by atoms with Crippen molar-refractivity contribution in [3.63, 3.8) is 0 Å². The maximum Gasteiger partial charge on any atom is 0.0598 e. The Morgan fingerprint density at radius 1 is 1.43 bits per heavy atom. The van der Waals surface area contributed by atoms with Crippen LogP contribution in [0.4, 0.5) is 0 Å². The van der Waals surface area contributed by atoms with Crippen molar-refractivity contribution in [2.24, 2.45) is 5.84 Å². The number of rotatable bonds is 4. The molecular formula is C11H23N3. The van der Waals surface area contributed by atoms with Crippen molar-refractivity contribution in [1.29, 1.82) is 0 Å². The minimum atomic E-state index is 0.181. The van der Waals surface area contributed by atoms with Crippen molar-refractivity contribution in [3.05, 3.63) is 12.2 Å². The predicted molar refractivity (Wildman–Crippen MR) is 60.8 cm³/mol. The molecule has 1 saturated carbocycles. The summed E-state index contributed by atoms with van der Waals surface area (Å²) in [4.78, 5) is 2.30. The molecule has 1 aliphatic rings. The summed E-state index contributed by atoms with van der Waals surface area (Å²) in [6, 6.07) is 0.208. The van der Waals surface area contributed by atoms with Gasteiger partial charge in [0, 0.05) is 5.54 Å². The topological polar surface area (TPSA) is 41.3 Å². The molecule has 1 unspecified atom stereocenters. The van der Waals surface area contributed by atoms with Crippen LogP contribution >= 0.6 is 0 Å². The Hall–Kier alpha value is -0.380. The first-order valence-corrected chi connectivity index (χ1v) is 5.33. The Bertz CT molecular complexity index is 205. The molecule has 0 radical (unpaired) electrons. The zero-order valence-electron chi connectivity index (χ0n) is 9.64. The zero-order chi connectivity index (χ0) is 10.8. The maximum absolute atomic E-state index is 5.64. The van der Waals surface area contributed by atoms with Gasteiger partial charge in [0.2, 0.25) is 0 Å². The second-order valence-corrected chi connectivity index (χ2v) is 4.65. The third kappa shape index (κ3) is 1.85. The third-order valence-electron chi connectivity index (χ3n) is 3.56. The van der Waals surface area contributed by atoms with Crippen molar-refractivity contribution < 1.29 is 0 Å². The van der Waals surface area contributed by atoms with Crippen LogP contribution in [-0.4, -0.2) is 30.6 Å². The number of hydrazine groups is 1. The van der Waals surface area contributed by atoms with Crippen molar-refractivity contribution in [2.75, 3.05) is 14.1 Å².